The van der Waals surface area contributed by atoms with E-state index in [0.717, 1.165) is 29.2 Å². The summed E-state index contributed by atoms with van der Waals surface area (Å²) < 4.78 is 10.8. The van der Waals surface area contributed by atoms with E-state index in [1.807, 2.05) is 17.5 Å². The molecule has 90 valence electrons. The zero-order valence-corrected chi connectivity index (χ0v) is 10.7. The number of hydrogen-bond donors (Lipinski definition) is 0. The molecule has 0 atom stereocenters. The number of benzene rings is 1. The molecule has 2 aromatic rings. The van der Waals surface area contributed by atoms with Crippen LogP contribution in [-0.4, -0.2) is 13.7 Å². The highest BCUT2D eigenvalue weighted by Crippen LogP contribution is 2.40. The lowest BCUT2D eigenvalue weighted by Crippen LogP contribution is -1.86. The Labute approximate surface area is 109 Å². The summed E-state index contributed by atoms with van der Waals surface area (Å²) in [6.45, 7) is 0.754. The van der Waals surface area contributed by atoms with Crippen LogP contribution < -0.4 is 9.47 Å². The van der Waals surface area contributed by atoms with Crippen molar-refractivity contribution in [1.82, 2.24) is 0 Å². The Morgan fingerprint density at radius 3 is 3.11 bits per heavy atom. The van der Waals surface area contributed by atoms with Gasteiger partial charge in [-0.3, -0.25) is 0 Å². The predicted octanol–water partition coefficient (Wildman–Crippen LogP) is 3.23. The summed E-state index contributed by atoms with van der Waals surface area (Å²) in [5, 5.41) is 10.9. The van der Waals surface area contributed by atoms with E-state index in [9.17, 15) is 0 Å². The second-order valence-electron chi connectivity index (χ2n) is 4.04. The number of hydrogen-bond acceptors (Lipinski definition) is 4. The van der Waals surface area contributed by atoms with E-state index >= 15 is 0 Å². The molecule has 18 heavy (non-hydrogen) atoms. The number of fused-ring (bicyclic) bond motifs is 1. The molecule has 0 bridgehead atoms. The first-order valence-corrected chi connectivity index (χ1v) is 6.53. The highest BCUT2D eigenvalue weighted by atomic mass is 32.1. The third-order valence-electron chi connectivity index (χ3n) is 3.02. The Bertz CT molecular complexity index is 640. The van der Waals surface area contributed by atoms with Crippen molar-refractivity contribution in [3.63, 3.8) is 0 Å². The Morgan fingerprint density at radius 1 is 1.44 bits per heavy atom. The van der Waals surface area contributed by atoms with Crippen LogP contribution in [0.15, 0.2) is 23.6 Å². The number of rotatable bonds is 2. The first-order valence-electron chi connectivity index (χ1n) is 5.65. The average Bonchev–Trinajstić information content (AvgIpc) is 3.03. The molecule has 1 aromatic carbocycles. The lowest BCUT2D eigenvalue weighted by Gasteiger charge is -2.05. The van der Waals surface area contributed by atoms with Crippen LogP contribution in [0.4, 0.5) is 0 Å². The van der Waals surface area contributed by atoms with Crippen LogP contribution in [0.1, 0.15) is 11.1 Å². The van der Waals surface area contributed by atoms with Crippen LogP contribution in [0.5, 0.6) is 11.5 Å². The Hall–Kier alpha value is -1.99. The molecule has 0 spiro atoms. The first-order chi connectivity index (χ1) is 8.83. The van der Waals surface area contributed by atoms with Crippen LogP contribution in [0.25, 0.3) is 10.4 Å². The molecule has 0 aliphatic carbocycles. The van der Waals surface area contributed by atoms with Crippen LogP contribution in [-0.2, 0) is 6.42 Å². The minimum absolute atomic E-state index is 0.592. The van der Waals surface area contributed by atoms with Gasteiger partial charge in [0.1, 0.15) is 17.4 Å². The van der Waals surface area contributed by atoms with Gasteiger partial charge in [0.2, 0.25) is 0 Å². The van der Waals surface area contributed by atoms with E-state index in [-0.39, 0.29) is 0 Å². The topological polar surface area (TPSA) is 42.2 Å². The monoisotopic (exact) mass is 257 g/mol. The molecule has 0 amide bonds. The van der Waals surface area contributed by atoms with E-state index < -0.39 is 0 Å². The maximum absolute atomic E-state index is 9.02. The summed E-state index contributed by atoms with van der Waals surface area (Å²) in [4.78, 5) is 1.00. The fourth-order valence-corrected chi connectivity index (χ4v) is 3.11. The molecule has 0 saturated heterocycles. The zero-order chi connectivity index (χ0) is 12.5. The van der Waals surface area contributed by atoms with Gasteiger partial charge in [-0.15, -0.1) is 11.3 Å². The molecule has 4 heteroatoms. The van der Waals surface area contributed by atoms with Crippen molar-refractivity contribution in [2.45, 2.75) is 6.42 Å². The summed E-state index contributed by atoms with van der Waals surface area (Å²) in [5.74, 6) is 1.64. The molecule has 0 saturated carbocycles. The molecule has 2 heterocycles. The van der Waals surface area contributed by atoms with Gasteiger partial charge in [-0.05, 0) is 29.3 Å². The lowest BCUT2D eigenvalue weighted by molar-refractivity contribution is 0.357. The van der Waals surface area contributed by atoms with Gasteiger partial charge in [-0.25, -0.2) is 0 Å². The summed E-state index contributed by atoms with van der Waals surface area (Å²) in [5.41, 5.74) is 2.90. The maximum Gasteiger partial charge on any atom is 0.155 e. The SMILES string of the molecule is COc1c(C#N)csc1-c1ccc2c(c1)CCO2. The highest BCUT2D eigenvalue weighted by molar-refractivity contribution is 7.14. The van der Waals surface area contributed by atoms with Gasteiger partial charge in [0.15, 0.2) is 5.75 Å². The van der Waals surface area contributed by atoms with Crippen molar-refractivity contribution in [3.8, 4) is 28.0 Å². The van der Waals surface area contributed by atoms with Gasteiger partial charge in [0.25, 0.3) is 0 Å². The van der Waals surface area contributed by atoms with Crippen molar-refractivity contribution in [3.05, 3.63) is 34.7 Å². The van der Waals surface area contributed by atoms with Gasteiger partial charge >= 0.3 is 0 Å². The van der Waals surface area contributed by atoms with Gasteiger partial charge in [0.05, 0.1) is 18.6 Å². The van der Waals surface area contributed by atoms with E-state index in [1.54, 1.807) is 7.11 Å². The van der Waals surface area contributed by atoms with Gasteiger partial charge in [0, 0.05) is 11.8 Å². The Morgan fingerprint density at radius 2 is 2.33 bits per heavy atom. The molecule has 0 radical (unpaired) electrons. The number of nitriles is 1. The van der Waals surface area contributed by atoms with Crippen molar-refractivity contribution < 1.29 is 9.47 Å². The zero-order valence-electron chi connectivity index (χ0n) is 9.90. The molecule has 3 nitrogen and oxygen atoms in total. The van der Waals surface area contributed by atoms with Crippen LogP contribution in [0.2, 0.25) is 0 Å². The van der Waals surface area contributed by atoms with Crippen molar-refractivity contribution >= 4 is 11.3 Å². The predicted molar refractivity (Wildman–Crippen MR) is 70.2 cm³/mol. The fourth-order valence-electron chi connectivity index (χ4n) is 2.15. The molecule has 1 aromatic heterocycles. The van der Waals surface area contributed by atoms with Gasteiger partial charge in [-0.2, -0.15) is 5.26 Å². The normalized spacial score (nSPS) is 12.7. The summed E-state index contributed by atoms with van der Waals surface area (Å²) in [6, 6.07) is 8.28. The minimum atomic E-state index is 0.592. The smallest absolute Gasteiger partial charge is 0.155 e. The lowest BCUT2D eigenvalue weighted by atomic mass is 10.1. The number of thiophene rings is 1. The van der Waals surface area contributed by atoms with Crippen LogP contribution >= 0.6 is 11.3 Å². The van der Waals surface area contributed by atoms with E-state index in [4.69, 9.17) is 14.7 Å². The fraction of sp³-hybridized carbons (Fsp3) is 0.214. The molecule has 1 aliphatic heterocycles. The Balaban J connectivity index is 2.10. The second-order valence-corrected chi connectivity index (χ2v) is 4.92. The third kappa shape index (κ3) is 1.64. The van der Waals surface area contributed by atoms with Crippen molar-refractivity contribution in [1.29, 1.82) is 5.26 Å². The quantitative estimate of drug-likeness (QED) is 0.829. The molecule has 0 N–H and O–H groups in total. The third-order valence-corrected chi connectivity index (χ3v) is 4.03. The second kappa shape index (κ2) is 4.35. The summed E-state index contributed by atoms with van der Waals surface area (Å²) >= 11 is 1.54. The van der Waals surface area contributed by atoms with Crippen LogP contribution in [0.3, 0.4) is 0 Å². The van der Waals surface area contributed by atoms with E-state index in [1.165, 1.54) is 16.9 Å². The molecule has 0 fully saturated rings. The van der Waals surface area contributed by atoms with Crippen molar-refractivity contribution in [2.75, 3.05) is 13.7 Å². The Kier molecular flexibility index (Phi) is 2.69. The number of methoxy groups -OCH3 is 1. The molecule has 3 rings (SSSR count). The van der Waals surface area contributed by atoms with E-state index in [2.05, 4.69) is 12.1 Å². The minimum Gasteiger partial charge on any atom is -0.494 e. The number of ether oxygens (including phenoxy) is 2. The number of nitrogens with zero attached hydrogens (tertiary/aromatic N) is 1. The largest absolute Gasteiger partial charge is 0.494 e. The van der Waals surface area contributed by atoms with Gasteiger partial charge < -0.3 is 9.47 Å². The molecule has 1 aliphatic rings. The maximum atomic E-state index is 9.02. The van der Waals surface area contributed by atoms with Crippen LogP contribution in [0, 0.1) is 11.3 Å². The van der Waals surface area contributed by atoms with E-state index in [0.29, 0.717) is 11.3 Å². The van der Waals surface area contributed by atoms with Gasteiger partial charge in [-0.1, -0.05) is 0 Å². The summed E-state index contributed by atoms with van der Waals surface area (Å²) in [6.07, 6.45) is 0.946. The highest BCUT2D eigenvalue weighted by Gasteiger charge is 2.17. The average molecular weight is 257 g/mol. The first kappa shape index (κ1) is 11.1. The van der Waals surface area contributed by atoms with Crippen molar-refractivity contribution in [2.24, 2.45) is 0 Å². The molecular weight excluding hydrogens is 246 g/mol. The molecule has 0 unspecified atom stereocenters. The molecular formula is C14H11NO2S. The standard InChI is InChI=1S/C14H11NO2S/c1-16-13-11(7-15)8-18-14(13)10-2-3-12-9(6-10)4-5-17-12/h2-3,6,8H,4-5H2,1H3. The summed E-state index contributed by atoms with van der Waals surface area (Å²) in [7, 11) is 1.60.